The van der Waals surface area contributed by atoms with Crippen LogP contribution < -0.4 is 11.1 Å². The molecular weight excluding hydrogens is 200 g/mol. The van der Waals surface area contributed by atoms with Crippen molar-refractivity contribution in [1.82, 2.24) is 9.78 Å². The highest BCUT2D eigenvalue weighted by Crippen LogP contribution is 2.22. The molecule has 0 amide bonds. The van der Waals surface area contributed by atoms with Gasteiger partial charge < -0.3 is 11.1 Å². The maximum atomic E-state index is 6.01. The Balaban J connectivity index is 2.50. The summed E-state index contributed by atoms with van der Waals surface area (Å²) < 4.78 is 1.84. The molecule has 0 spiro atoms. The van der Waals surface area contributed by atoms with Crippen LogP contribution in [-0.2, 0) is 13.5 Å². The molecule has 0 fully saturated rings. The summed E-state index contributed by atoms with van der Waals surface area (Å²) in [5.74, 6) is 1.72. The molecule has 0 aliphatic rings. The molecule has 1 heterocycles. The largest absolute Gasteiger partial charge is 0.394 e. The molecule has 16 heavy (non-hydrogen) atoms. The average molecular weight is 224 g/mol. The van der Waals surface area contributed by atoms with E-state index in [1.165, 1.54) is 12.8 Å². The number of aromatic nitrogens is 2. The van der Waals surface area contributed by atoms with Gasteiger partial charge in [-0.3, -0.25) is 4.68 Å². The van der Waals surface area contributed by atoms with Gasteiger partial charge in [0.25, 0.3) is 0 Å². The standard InChI is InChI=1S/C12H24N4/c1-5-10-11(13)12(16(4)15-10)14-8-6-7-9(2)3/h9,14H,5-8,13H2,1-4H3. The number of nitrogen functional groups attached to an aromatic ring is 1. The first-order chi connectivity index (χ1) is 7.56. The molecule has 0 radical (unpaired) electrons. The number of aryl methyl sites for hydroxylation is 2. The van der Waals surface area contributed by atoms with Crippen molar-refractivity contribution in [3.63, 3.8) is 0 Å². The van der Waals surface area contributed by atoms with Gasteiger partial charge in [0.05, 0.1) is 11.4 Å². The van der Waals surface area contributed by atoms with Gasteiger partial charge in [0, 0.05) is 13.6 Å². The van der Waals surface area contributed by atoms with E-state index in [0.29, 0.717) is 0 Å². The van der Waals surface area contributed by atoms with Crippen LogP contribution in [0.15, 0.2) is 0 Å². The molecule has 0 bridgehead atoms. The van der Waals surface area contributed by atoms with Crippen molar-refractivity contribution >= 4 is 11.5 Å². The second-order valence-electron chi connectivity index (χ2n) is 4.65. The fourth-order valence-electron chi connectivity index (χ4n) is 1.78. The minimum Gasteiger partial charge on any atom is -0.394 e. The van der Waals surface area contributed by atoms with E-state index < -0.39 is 0 Å². The summed E-state index contributed by atoms with van der Waals surface area (Å²) in [4.78, 5) is 0. The van der Waals surface area contributed by atoms with E-state index in [0.717, 1.165) is 36.1 Å². The average Bonchev–Trinajstić information content (AvgIpc) is 2.50. The topological polar surface area (TPSA) is 55.9 Å². The van der Waals surface area contributed by atoms with Gasteiger partial charge in [0.2, 0.25) is 0 Å². The summed E-state index contributed by atoms with van der Waals surface area (Å²) in [5, 5.41) is 7.74. The number of rotatable bonds is 6. The molecule has 0 saturated carbocycles. The van der Waals surface area contributed by atoms with Gasteiger partial charge in [-0.05, 0) is 25.2 Å². The third-order valence-electron chi connectivity index (χ3n) is 2.75. The van der Waals surface area contributed by atoms with Crippen molar-refractivity contribution in [3.05, 3.63) is 5.69 Å². The number of hydrogen-bond donors (Lipinski definition) is 2. The fraction of sp³-hybridized carbons (Fsp3) is 0.750. The van der Waals surface area contributed by atoms with Crippen molar-refractivity contribution in [2.75, 3.05) is 17.6 Å². The quantitative estimate of drug-likeness (QED) is 0.730. The van der Waals surface area contributed by atoms with Crippen molar-refractivity contribution in [2.45, 2.75) is 40.0 Å². The molecule has 1 aromatic rings. The summed E-state index contributed by atoms with van der Waals surface area (Å²) in [6, 6.07) is 0. The highest BCUT2D eigenvalue weighted by atomic mass is 15.3. The Morgan fingerprint density at radius 1 is 1.44 bits per heavy atom. The highest BCUT2D eigenvalue weighted by molar-refractivity contribution is 5.64. The van der Waals surface area contributed by atoms with Gasteiger partial charge in [0.1, 0.15) is 5.82 Å². The van der Waals surface area contributed by atoms with Crippen LogP contribution in [0, 0.1) is 5.92 Å². The smallest absolute Gasteiger partial charge is 0.147 e. The van der Waals surface area contributed by atoms with E-state index in [9.17, 15) is 0 Å². The van der Waals surface area contributed by atoms with Crippen LogP contribution in [0.4, 0.5) is 11.5 Å². The van der Waals surface area contributed by atoms with Crippen molar-refractivity contribution in [1.29, 1.82) is 0 Å². The molecule has 92 valence electrons. The second kappa shape index (κ2) is 5.77. The molecule has 3 N–H and O–H groups in total. The fourth-order valence-corrected chi connectivity index (χ4v) is 1.78. The van der Waals surface area contributed by atoms with Gasteiger partial charge in [-0.25, -0.2) is 0 Å². The third kappa shape index (κ3) is 3.15. The van der Waals surface area contributed by atoms with Gasteiger partial charge >= 0.3 is 0 Å². The lowest BCUT2D eigenvalue weighted by atomic mass is 10.1. The number of hydrogen-bond acceptors (Lipinski definition) is 3. The summed E-state index contributed by atoms with van der Waals surface area (Å²) in [6.45, 7) is 7.52. The van der Waals surface area contributed by atoms with Crippen LogP contribution in [0.5, 0.6) is 0 Å². The first-order valence-electron chi connectivity index (χ1n) is 6.11. The van der Waals surface area contributed by atoms with Gasteiger partial charge in [-0.15, -0.1) is 0 Å². The Morgan fingerprint density at radius 3 is 2.62 bits per heavy atom. The molecule has 4 nitrogen and oxygen atoms in total. The lowest BCUT2D eigenvalue weighted by Crippen LogP contribution is -2.08. The Bertz CT molecular complexity index is 328. The number of nitrogens with one attached hydrogen (secondary N) is 1. The van der Waals surface area contributed by atoms with Gasteiger partial charge in [-0.2, -0.15) is 5.10 Å². The first-order valence-corrected chi connectivity index (χ1v) is 6.11. The normalized spacial score (nSPS) is 11.1. The van der Waals surface area contributed by atoms with Crippen LogP contribution in [0.3, 0.4) is 0 Å². The minimum absolute atomic E-state index is 0.761. The molecule has 0 saturated heterocycles. The van der Waals surface area contributed by atoms with Crippen LogP contribution in [0.1, 0.15) is 39.3 Å². The summed E-state index contributed by atoms with van der Waals surface area (Å²) in [6.07, 6.45) is 3.29. The Labute approximate surface area is 98.2 Å². The van der Waals surface area contributed by atoms with Crippen LogP contribution in [-0.4, -0.2) is 16.3 Å². The van der Waals surface area contributed by atoms with E-state index in [1.807, 2.05) is 11.7 Å². The predicted octanol–water partition coefficient (Wildman–Crippen LogP) is 2.41. The van der Waals surface area contributed by atoms with E-state index in [2.05, 4.69) is 31.2 Å². The summed E-state index contributed by atoms with van der Waals surface area (Å²) in [7, 11) is 1.93. The minimum atomic E-state index is 0.761. The molecule has 0 atom stereocenters. The van der Waals surface area contributed by atoms with Crippen molar-refractivity contribution in [3.8, 4) is 0 Å². The van der Waals surface area contributed by atoms with Crippen molar-refractivity contribution < 1.29 is 0 Å². The maximum Gasteiger partial charge on any atom is 0.147 e. The number of nitrogens with zero attached hydrogens (tertiary/aromatic N) is 2. The first kappa shape index (κ1) is 12.9. The molecule has 4 heteroatoms. The zero-order valence-electron chi connectivity index (χ0n) is 10.9. The zero-order chi connectivity index (χ0) is 12.1. The van der Waals surface area contributed by atoms with Gasteiger partial charge in [0.15, 0.2) is 0 Å². The lowest BCUT2D eigenvalue weighted by molar-refractivity contribution is 0.566. The number of nitrogens with two attached hydrogens (primary N) is 1. The van der Waals surface area contributed by atoms with E-state index >= 15 is 0 Å². The zero-order valence-corrected chi connectivity index (χ0v) is 10.9. The number of anilines is 2. The summed E-state index contributed by atoms with van der Waals surface area (Å²) >= 11 is 0. The molecule has 0 unspecified atom stereocenters. The molecule has 1 aromatic heterocycles. The van der Waals surface area contributed by atoms with Crippen LogP contribution in [0.25, 0.3) is 0 Å². The monoisotopic (exact) mass is 224 g/mol. The molecule has 0 aromatic carbocycles. The highest BCUT2D eigenvalue weighted by Gasteiger charge is 2.10. The van der Waals surface area contributed by atoms with Gasteiger partial charge in [-0.1, -0.05) is 20.8 Å². The Morgan fingerprint density at radius 2 is 2.12 bits per heavy atom. The predicted molar refractivity (Wildman–Crippen MR) is 69.6 cm³/mol. The van der Waals surface area contributed by atoms with E-state index in [4.69, 9.17) is 5.73 Å². The molecule has 1 rings (SSSR count). The summed E-state index contributed by atoms with van der Waals surface area (Å²) in [5.41, 5.74) is 7.79. The Hall–Kier alpha value is -1.19. The van der Waals surface area contributed by atoms with Crippen LogP contribution in [0.2, 0.25) is 0 Å². The van der Waals surface area contributed by atoms with Crippen LogP contribution >= 0.6 is 0 Å². The molecule has 0 aliphatic carbocycles. The third-order valence-corrected chi connectivity index (χ3v) is 2.75. The van der Waals surface area contributed by atoms with E-state index in [1.54, 1.807) is 0 Å². The maximum absolute atomic E-state index is 6.01. The van der Waals surface area contributed by atoms with E-state index in [-0.39, 0.29) is 0 Å². The van der Waals surface area contributed by atoms with Crippen molar-refractivity contribution in [2.24, 2.45) is 13.0 Å². The Kier molecular flexibility index (Phi) is 4.65. The SMILES string of the molecule is CCc1nn(C)c(NCCCC(C)C)c1N. The second-order valence-corrected chi connectivity index (χ2v) is 4.65. The molecular formula is C12H24N4. The lowest BCUT2D eigenvalue weighted by Gasteiger charge is -2.08. The molecule has 0 aliphatic heterocycles.